The first-order valence-electron chi connectivity index (χ1n) is 7.40. The molecule has 0 spiro atoms. The maximum absolute atomic E-state index is 4.79. The Morgan fingerprint density at radius 2 is 2.26 bits per heavy atom. The van der Waals surface area contributed by atoms with Crippen LogP contribution in [0, 0.1) is 6.92 Å². The van der Waals surface area contributed by atoms with E-state index in [2.05, 4.69) is 42.1 Å². The lowest BCUT2D eigenvalue weighted by Gasteiger charge is -2.23. The number of aromatic nitrogens is 2. The minimum Gasteiger partial charge on any atom is -0.331 e. The molecule has 1 aliphatic heterocycles. The zero-order chi connectivity index (χ0) is 13.2. The van der Waals surface area contributed by atoms with Crippen molar-refractivity contribution >= 4 is 11.0 Å². The van der Waals surface area contributed by atoms with E-state index >= 15 is 0 Å². The normalized spacial score (nSPS) is 20.0. The Labute approximate surface area is 115 Å². The van der Waals surface area contributed by atoms with E-state index in [-0.39, 0.29) is 0 Å². The number of hydrogen-bond donors (Lipinski definition) is 1. The van der Waals surface area contributed by atoms with Crippen LogP contribution >= 0.6 is 0 Å². The Morgan fingerprint density at radius 1 is 1.37 bits per heavy atom. The molecule has 0 bridgehead atoms. The van der Waals surface area contributed by atoms with E-state index in [4.69, 9.17) is 4.98 Å². The molecule has 2 aromatic rings. The maximum Gasteiger partial charge on any atom is 0.109 e. The molecule has 1 aliphatic rings. The van der Waals surface area contributed by atoms with Gasteiger partial charge in [0.2, 0.25) is 0 Å². The number of hydrogen-bond acceptors (Lipinski definition) is 2. The van der Waals surface area contributed by atoms with Gasteiger partial charge in [0, 0.05) is 19.5 Å². The van der Waals surface area contributed by atoms with Crippen molar-refractivity contribution in [2.45, 2.75) is 45.1 Å². The highest BCUT2D eigenvalue weighted by Gasteiger charge is 2.15. The van der Waals surface area contributed by atoms with Gasteiger partial charge in [-0.25, -0.2) is 4.98 Å². The molecule has 0 radical (unpaired) electrons. The number of benzene rings is 1. The minimum atomic E-state index is 0.689. The van der Waals surface area contributed by atoms with Gasteiger partial charge in [-0.15, -0.1) is 0 Å². The smallest absolute Gasteiger partial charge is 0.109 e. The molecule has 0 aliphatic carbocycles. The van der Waals surface area contributed by atoms with Gasteiger partial charge in [0.25, 0.3) is 0 Å². The molecule has 1 unspecified atom stereocenters. The minimum absolute atomic E-state index is 0.689. The van der Waals surface area contributed by atoms with Crippen molar-refractivity contribution in [3.05, 3.63) is 29.6 Å². The quantitative estimate of drug-likeness (QED) is 0.916. The van der Waals surface area contributed by atoms with Crippen LogP contribution in [0.3, 0.4) is 0 Å². The van der Waals surface area contributed by atoms with Crippen LogP contribution in [0.25, 0.3) is 11.0 Å². The van der Waals surface area contributed by atoms with Crippen molar-refractivity contribution in [1.29, 1.82) is 0 Å². The highest BCUT2D eigenvalue weighted by atomic mass is 15.1. The average molecular weight is 257 g/mol. The summed E-state index contributed by atoms with van der Waals surface area (Å²) in [4.78, 5) is 4.79. The van der Waals surface area contributed by atoms with Gasteiger partial charge in [0.05, 0.1) is 11.0 Å². The molecule has 3 rings (SSSR count). The van der Waals surface area contributed by atoms with E-state index in [1.807, 2.05) is 0 Å². The highest BCUT2D eigenvalue weighted by Crippen LogP contribution is 2.20. The van der Waals surface area contributed by atoms with Gasteiger partial charge < -0.3 is 9.88 Å². The van der Waals surface area contributed by atoms with Gasteiger partial charge >= 0.3 is 0 Å². The fraction of sp³-hybridized carbons (Fsp3) is 0.562. The molecule has 1 N–H and O–H groups in total. The second-order valence-electron chi connectivity index (χ2n) is 5.72. The largest absolute Gasteiger partial charge is 0.331 e. The third kappa shape index (κ3) is 2.52. The topological polar surface area (TPSA) is 29.9 Å². The van der Waals surface area contributed by atoms with Crippen LogP contribution < -0.4 is 5.32 Å². The summed E-state index contributed by atoms with van der Waals surface area (Å²) in [7, 11) is 2.14. The Balaban J connectivity index is 1.77. The predicted molar refractivity (Wildman–Crippen MR) is 79.4 cm³/mol. The summed E-state index contributed by atoms with van der Waals surface area (Å²) in [5, 5.41) is 3.62. The van der Waals surface area contributed by atoms with Gasteiger partial charge in [0.1, 0.15) is 5.82 Å². The van der Waals surface area contributed by atoms with Crippen molar-refractivity contribution < 1.29 is 0 Å². The Bertz CT molecular complexity index is 565. The molecule has 1 aromatic carbocycles. The molecule has 0 amide bonds. The van der Waals surface area contributed by atoms with E-state index < -0.39 is 0 Å². The molecule has 1 atom stereocenters. The molecule has 3 nitrogen and oxygen atoms in total. The Hall–Kier alpha value is -1.35. The van der Waals surface area contributed by atoms with Crippen molar-refractivity contribution in [2.75, 3.05) is 6.54 Å². The summed E-state index contributed by atoms with van der Waals surface area (Å²) in [6.45, 7) is 3.35. The number of fused-ring (bicyclic) bond motifs is 1. The number of aryl methyl sites for hydroxylation is 3. The Morgan fingerprint density at radius 3 is 3.00 bits per heavy atom. The van der Waals surface area contributed by atoms with Gasteiger partial charge in [0.15, 0.2) is 0 Å². The predicted octanol–water partition coefficient (Wildman–Crippen LogP) is 2.96. The van der Waals surface area contributed by atoms with Crippen LogP contribution in [0.2, 0.25) is 0 Å². The summed E-state index contributed by atoms with van der Waals surface area (Å²) >= 11 is 0. The lowest BCUT2D eigenvalue weighted by molar-refractivity contribution is 0.380. The Kier molecular flexibility index (Phi) is 3.56. The third-order valence-corrected chi connectivity index (χ3v) is 4.32. The van der Waals surface area contributed by atoms with Crippen LogP contribution in [-0.4, -0.2) is 22.1 Å². The zero-order valence-corrected chi connectivity index (χ0v) is 11.9. The van der Waals surface area contributed by atoms with Gasteiger partial charge in [-0.3, -0.25) is 0 Å². The molecule has 0 saturated carbocycles. The molecular weight excluding hydrogens is 234 g/mol. The summed E-state index contributed by atoms with van der Waals surface area (Å²) < 4.78 is 2.27. The van der Waals surface area contributed by atoms with Crippen molar-refractivity contribution in [2.24, 2.45) is 7.05 Å². The SMILES string of the molecule is Cc1cccc2nc(CCC3CCCCN3)n(C)c12. The summed E-state index contributed by atoms with van der Waals surface area (Å²) in [5.41, 5.74) is 3.73. The monoisotopic (exact) mass is 257 g/mol. The average Bonchev–Trinajstić information content (AvgIpc) is 2.76. The van der Waals surface area contributed by atoms with Crippen molar-refractivity contribution in [3.8, 4) is 0 Å². The van der Waals surface area contributed by atoms with Crippen LogP contribution in [0.5, 0.6) is 0 Å². The summed E-state index contributed by atoms with van der Waals surface area (Å²) in [5.74, 6) is 1.22. The molecule has 1 saturated heterocycles. The second kappa shape index (κ2) is 5.33. The summed E-state index contributed by atoms with van der Waals surface area (Å²) in [6, 6.07) is 7.06. The van der Waals surface area contributed by atoms with E-state index in [9.17, 15) is 0 Å². The van der Waals surface area contributed by atoms with Crippen LogP contribution in [0.4, 0.5) is 0 Å². The van der Waals surface area contributed by atoms with E-state index in [1.165, 1.54) is 49.1 Å². The first kappa shape index (κ1) is 12.7. The van der Waals surface area contributed by atoms with Gasteiger partial charge in [-0.1, -0.05) is 18.6 Å². The van der Waals surface area contributed by atoms with Gasteiger partial charge in [-0.2, -0.15) is 0 Å². The standard InChI is InChI=1S/C16H23N3/c1-12-6-5-8-14-16(12)19(2)15(18-14)10-9-13-7-3-4-11-17-13/h5-6,8,13,17H,3-4,7,9-11H2,1-2H3. The first-order valence-corrected chi connectivity index (χ1v) is 7.40. The number of piperidine rings is 1. The number of imidazole rings is 1. The van der Waals surface area contributed by atoms with E-state index in [0.717, 1.165) is 11.9 Å². The number of nitrogens with zero attached hydrogens (tertiary/aromatic N) is 2. The second-order valence-corrected chi connectivity index (χ2v) is 5.72. The number of rotatable bonds is 3. The lowest BCUT2D eigenvalue weighted by atomic mass is 10.0. The van der Waals surface area contributed by atoms with Gasteiger partial charge in [-0.05, 0) is 44.4 Å². The van der Waals surface area contributed by atoms with Crippen LogP contribution in [0.1, 0.15) is 37.1 Å². The zero-order valence-electron chi connectivity index (χ0n) is 11.9. The first-order chi connectivity index (χ1) is 9.25. The molecular formula is C16H23N3. The molecule has 19 heavy (non-hydrogen) atoms. The lowest BCUT2D eigenvalue weighted by Crippen LogP contribution is -2.34. The van der Waals surface area contributed by atoms with Crippen LogP contribution in [0.15, 0.2) is 18.2 Å². The summed E-state index contributed by atoms with van der Waals surface area (Å²) in [6.07, 6.45) is 6.31. The number of para-hydroxylation sites is 1. The van der Waals surface area contributed by atoms with E-state index in [1.54, 1.807) is 0 Å². The molecule has 1 fully saturated rings. The van der Waals surface area contributed by atoms with Crippen LogP contribution in [-0.2, 0) is 13.5 Å². The number of nitrogens with one attached hydrogen (secondary N) is 1. The highest BCUT2D eigenvalue weighted by molar-refractivity contribution is 5.79. The van der Waals surface area contributed by atoms with E-state index in [0.29, 0.717) is 6.04 Å². The van der Waals surface area contributed by atoms with Crippen molar-refractivity contribution in [3.63, 3.8) is 0 Å². The molecule has 1 aromatic heterocycles. The fourth-order valence-corrected chi connectivity index (χ4v) is 3.21. The maximum atomic E-state index is 4.79. The fourth-order valence-electron chi connectivity index (χ4n) is 3.21. The molecule has 3 heteroatoms. The third-order valence-electron chi connectivity index (χ3n) is 4.32. The molecule has 102 valence electrons. The molecule has 2 heterocycles. The van der Waals surface area contributed by atoms with Crippen molar-refractivity contribution in [1.82, 2.24) is 14.9 Å².